The minimum atomic E-state index is 0.649. The Kier molecular flexibility index (Phi) is 12.4. The van der Waals surface area contributed by atoms with Crippen LogP contribution in [-0.4, -0.2) is 36.8 Å². The van der Waals surface area contributed by atoms with Crippen molar-refractivity contribution >= 4 is 30.3 Å². The molecular weight excluding hydrogens is 434 g/mol. The highest BCUT2D eigenvalue weighted by Crippen LogP contribution is 2.32. The number of aryl methyl sites for hydroxylation is 2. The van der Waals surface area contributed by atoms with Crippen molar-refractivity contribution in [2.45, 2.75) is 57.9 Å². The molecule has 0 bridgehead atoms. The van der Waals surface area contributed by atoms with Gasteiger partial charge in [-0.1, -0.05) is 39.0 Å². The molecule has 1 aliphatic heterocycles. The van der Waals surface area contributed by atoms with E-state index in [0.717, 1.165) is 61.1 Å². The van der Waals surface area contributed by atoms with E-state index in [1.807, 2.05) is 26.0 Å². The number of benzene rings is 2. The minimum Gasteiger partial charge on any atom is -0.496 e. The third-order valence-electron chi connectivity index (χ3n) is 5.73. The van der Waals surface area contributed by atoms with E-state index in [0.29, 0.717) is 5.92 Å². The number of rotatable bonds is 10. The maximum Gasteiger partial charge on any atom is 0.123 e. The molecule has 3 N–H and O–H groups in total. The van der Waals surface area contributed by atoms with Gasteiger partial charge in [0.2, 0.25) is 0 Å². The summed E-state index contributed by atoms with van der Waals surface area (Å²) in [6, 6.07) is 12.6. The number of hydrogen-bond acceptors (Lipinski definition) is 6. The van der Waals surface area contributed by atoms with Gasteiger partial charge in [0.1, 0.15) is 5.75 Å². The van der Waals surface area contributed by atoms with Crippen LogP contribution in [-0.2, 0) is 19.4 Å². The van der Waals surface area contributed by atoms with Gasteiger partial charge in [-0.05, 0) is 85.2 Å². The molecule has 0 radical (unpaired) electrons. The molecule has 1 aliphatic rings. The molecule has 2 aromatic rings. The highest BCUT2D eigenvalue weighted by Gasteiger charge is 2.21. The molecule has 0 saturated carbocycles. The number of anilines is 1. The van der Waals surface area contributed by atoms with E-state index < -0.39 is 0 Å². The van der Waals surface area contributed by atoms with Crippen molar-refractivity contribution in [3.63, 3.8) is 0 Å². The lowest BCUT2D eigenvalue weighted by Crippen LogP contribution is -2.36. The number of methoxy groups -OCH3 is 1. The van der Waals surface area contributed by atoms with Gasteiger partial charge in [0, 0.05) is 35.8 Å². The molecule has 1 saturated heterocycles. The summed E-state index contributed by atoms with van der Waals surface area (Å²) in [5, 5.41) is 3.71. The predicted octanol–water partition coefficient (Wildman–Crippen LogP) is 5.85. The molecule has 178 valence electrons. The first kappa shape index (κ1) is 26.9. The molecule has 1 fully saturated rings. The Morgan fingerprint density at radius 1 is 1.25 bits per heavy atom. The number of nitrogens with two attached hydrogens (primary N) is 1. The van der Waals surface area contributed by atoms with Gasteiger partial charge in [-0.15, -0.1) is 0 Å². The van der Waals surface area contributed by atoms with Gasteiger partial charge in [-0.2, -0.15) is 12.6 Å². The normalized spacial score (nSPS) is 16.3. The fraction of sp³-hybridized carbons (Fsp3) is 0.538. The summed E-state index contributed by atoms with van der Waals surface area (Å²) < 4.78 is 8.19. The summed E-state index contributed by atoms with van der Waals surface area (Å²) >= 11 is 6.18. The van der Waals surface area contributed by atoms with Crippen LogP contribution >= 0.6 is 24.6 Å². The van der Waals surface area contributed by atoms with Crippen LogP contribution in [0.1, 0.15) is 50.3 Å². The standard InChI is InChI=1S/C24H35N3OS2.C2H6/c1-3-20-13-18(10-12-29)14-23(28-2)21(20)16-26-15-19-7-6-11-27(17-19)30-24-9-5-4-8-22(24)25;1-2/h4-5,8-9,13-14,19,26,29H,3,6-7,10-12,15-17,25H2,1-2H3;1-2H3. The topological polar surface area (TPSA) is 50.5 Å². The van der Waals surface area contributed by atoms with E-state index >= 15 is 0 Å². The molecule has 1 unspecified atom stereocenters. The molecule has 4 nitrogen and oxygen atoms in total. The summed E-state index contributed by atoms with van der Waals surface area (Å²) in [6.45, 7) is 10.3. The smallest absolute Gasteiger partial charge is 0.123 e. The first-order valence-corrected chi connectivity index (χ1v) is 13.3. The van der Waals surface area contributed by atoms with Gasteiger partial charge in [0.15, 0.2) is 0 Å². The van der Waals surface area contributed by atoms with Crippen LogP contribution in [0.3, 0.4) is 0 Å². The van der Waals surface area contributed by atoms with E-state index in [4.69, 9.17) is 10.5 Å². The van der Waals surface area contributed by atoms with Crippen molar-refractivity contribution in [3.8, 4) is 5.75 Å². The van der Waals surface area contributed by atoms with Gasteiger partial charge in [-0.3, -0.25) is 0 Å². The number of thiol groups is 1. The quantitative estimate of drug-likeness (QED) is 0.229. The predicted molar refractivity (Wildman–Crippen MR) is 144 cm³/mol. The Balaban J connectivity index is 0.00000176. The van der Waals surface area contributed by atoms with Gasteiger partial charge in [0.25, 0.3) is 0 Å². The molecule has 3 rings (SSSR count). The monoisotopic (exact) mass is 475 g/mol. The van der Waals surface area contributed by atoms with E-state index in [1.54, 1.807) is 19.1 Å². The van der Waals surface area contributed by atoms with Crippen molar-refractivity contribution in [3.05, 3.63) is 53.1 Å². The zero-order valence-corrected chi connectivity index (χ0v) is 21.9. The summed E-state index contributed by atoms with van der Waals surface area (Å²) in [6.07, 6.45) is 4.49. The maximum absolute atomic E-state index is 6.13. The fourth-order valence-electron chi connectivity index (χ4n) is 4.12. The molecule has 6 heteroatoms. The second-order valence-electron chi connectivity index (χ2n) is 7.92. The summed E-state index contributed by atoms with van der Waals surface area (Å²) in [4.78, 5) is 1.16. The number of hydrogen-bond donors (Lipinski definition) is 3. The number of nitrogens with zero attached hydrogens (tertiary/aromatic N) is 1. The molecule has 0 spiro atoms. The van der Waals surface area contributed by atoms with Crippen LogP contribution in [0.2, 0.25) is 0 Å². The number of ether oxygens (including phenoxy) is 1. The molecule has 1 heterocycles. The van der Waals surface area contributed by atoms with Gasteiger partial charge >= 0.3 is 0 Å². The van der Waals surface area contributed by atoms with Crippen molar-refractivity contribution in [1.29, 1.82) is 0 Å². The molecule has 2 aromatic carbocycles. The first-order valence-electron chi connectivity index (χ1n) is 11.9. The van der Waals surface area contributed by atoms with Crippen molar-refractivity contribution < 1.29 is 4.74 Å². The van der Waals surface area contributed by atoms with Crippen molar-refractivity contribution in [2.24, 2.45) is 5.92 Å². The van der Waals surface area contributed by atoms with E-state index in [-0.39, 0.29) is 0 Å². The van der Waals surface area contributed by atoms with Crippen LogP contribution in [0.15, 0.2) is 41.3 Å². The SMILES string of the molecule is CC.CCc1cc(CCS)cc(OC)c1CNCC1CCCN(Sc2ccccc2N)C1. The number of nitrogens with one attached hydrogen (secondary N) is 1. The van der Waals surface area contributed by atoms with Crippen LogP contribution < -0.4 is 15.8 Å². The number of para-hydroxylation sites is 1. The summed E-state index contributed by atoms with van der Waals surface area (Å²) in [5.74, 6) is 2.50. The Labute approximate surface area is 205 Å². The molecule has 0 aromatic heterocycles. The Morgan fingerprint density at radius 3 is 2.72 bits per heavy atom. The minimum absolute atomic E-state index is 0.649. The van der Waals surface area contributed by atoms with E-state index in [2.05, 4.69) is 53.4 Å². The zero-order chi connectivity index (χ0) is 23.3. The lowest BCUT2D eigenvalue weighted by molar-refractivity contribution is 0.276. The van der Waals surface area contributed by atoms with Crippen LogP contribution in [0.25, 0.3) is 0 Å². The Hall–Kier alpha value is -1.34. The van der Waals surface area contributed by atoms with Gasteiger partial charge < -0.3 is 15.8 Å². The summed E-state index contributed by atoms with van der Waals surface area (Å²) in [7, 11) is 1.77. The summed E-state index contributed by atoms with van der Waals surface area (Å²) in [5.41, 5.74) is 11.0. The molecule has 32 heavy (non-hydrogen) atoms. The Bertz CT molecular complexity index is 790. The van der Waals surface area contributed by atoms with Crippen LogP contribution in [0, 0.1) is 5.92 Å². The second kappa shape index (κ2) is 14.7. The fourth-order valence-corrected chi connectivity index (χ4v) is 5.47. The lowest BCUT2D eigenvalue weighted by atomic mass is 9.97. The number of nitrogen functional groups attached to an aromatic ring is 1. The van der Waals surface area contributed by atoms with Crippen molar-refractivity contribution in [1.82, 2.24) is 9.62 Å². The average molecular weight is 476 g/mol. The van der Waals surface area contributed by atoms with E-state index in [9.17, 15) is 0 Å². The Morgan fingerprint density at radius 2 is 2.03 bits per heavy atom. The number of piperidine rings is 1. The molecule has 0 amide bonds. The first-order chi connectivity index (χ1) is 15.6. The lowest BCUT2D eigenvalue weighted by Gasteiger charge is -2.32. The third kappa shape index (κ3) is 7.91. The molecule has 1 atom stereocenters. The van der Waals surface area contributed by atoms with Gasteiger partial charge in [0.05, 0.1) is 7.11 Å². The van der Waals surface area contributed by atoms with Crippen LogP contribution in [0.5, 0.6) is 5.75 Å². The molecule has 0 aliphatic carbocycles. The zero-order valence-electron chi connectivity index (χ0n) is 20.2. The molecular formula is C26H41N3OS2. The van der Waals surface area contributed by atoms with Crippen LogP contribution in [0.4, 0.5) is 5.69 Å². The average Bonchev–Trinajstić information content (AvgIpc) is 2.82. The highest BCUT2D eigenvalue weighted by atomic mass is 32.2. The largest absolute Gasteiger partial charge is 0.496 e. The third-order valence-corrected chi connectivity index (χ3v) is 7.11. The van der Waals surface area contributed by atoms with E-state index in [1.165, 1.54) is 29.5 Å². The highest BCUT2D eigenvalue weighted by molar-refractivity contribution is 7.97. The second-order valence-corrected chi connectivity index (χ2v) is 9.51. The van der Waals surface area contributed by atoms with Gasteiger partial charge in [-0.25, -0.2) is 4.31 Å². The van der Waals surface area contributed by atoms with Crippen molar-refractivity contribution in [2.75, 3.05) is 38.2 Å². The maximum atomic E-state index is 6.13.